The van der Waals surface area contributed by atoms with Crippen LogP contribution in [0.15, 0.2) is 0 Å². The summed E-state index contributed by atoms with van der Waals surface area (Å²) in [5, 5.41) is 0. The van der Waals surface area contributed by atoms with Crippen molar-refractivity contribution in [2.75, 3.05) is 33.9 Å². The van der Waals surface area contributed by atoms with E-state index in [1.54, 1.807) is 0 Å². The smallest absolute Gasteiger partial charge is 0.0501 e. The Bertz CT molecular complexity index is 55.1. The predicted octanol–water partition coefficient (Wildman–Crippen LogP) is -0.179. The molecule has 0 saturated carbocycles. The minimum atomic E-state index is 1.14. The molecule has 0 N–H and O–H groups in total. The van der Waals surface area contributed by atoms with Crippen LogP contribution in [0.5, 0.6) is 0 Å². The van der Waals surface area contributed by atoms with E-state index in [0.717, 1.165) is 6.67 Å². The number of nitrogens with zero attached hydrogens (tertiary/aromatic N) is 2. The lowest BCUT2D eigenvalue weighted by atomic mass is 10.6. The number of hydrogen-bond donors (Lipinski definition) is 0. The average Bonchev–Trinajstić information content (AvgIpc) is 1.87. The van der Waals surface area contributed by atoms with Crippen molar-refractivity contribution in [2.45, 2.75) is 0 Å². The first-order valence-electron chi connectivity index (χ1n) is 2.66. The summed E-state index contributed by atoms with van der Waals surface area (Å²) in [6, 6.07) is 0. The van der Waals surface area contributed by atoms with E-state index in [9.17, 15) is 0 Å². The molecule has 0 bridgehead atoms. The zero-order valence-electron chi connectivity index (χ0n) is 5.02. The van der Waals surface area contributed by atoms with Crippen LogP contribution in [-0.4, -0.2) is 43.7 Å². The van der Waals surface area contributed by atoms with Crippen LogP contribution in [0.2, 0.25) is 0 Å². The van der Waals surface area contributed by atoms with Crippen LogP contribution in [0.4, 0.5) is 0 Å². The Morgan fingerprint density at radius 3 is 1.57 bits per heavy atom. The second-order valence-corrected chi connectivity index (χ2v) is 2.30. The molecule has 0 aromatic rings. The topological polar surface area (TPSA) is 6.48 Å². The highest BCUT2D eigenvalue weighted by Gasteiger charge is 2.09. The summed E-state index contributed by atoms with van der Waals surface area (Å²) < 4.78 is 0. The van der Waals surface area contributed by atoms with Gasteiger partial charge in [-0.15, -0.1) is 0 Å². The van der Waals surface area contributed by atoms with Crippen LogP contribution >= 0.6 is 0 Å². The summed E-state index contributed by atoms with van der Waals surface area (Å²) in [4.78, 5) is 4.61. The molecule has 2 heteroatoms. The standard InChI is InChI=1S/C5H12N2/c1-6-3-4-7(2)5-6/h3-5H2,1-2H3. The second kappa shape index (κ2) is 1.80. The minimum absolute atomic E-state index is 1.14. The average molecular weight is 100 g/mol. The molecule has 0 radical (unpaired) electrons. The van der Waals surface area contributed by atoms with Crippen LogP contribution in [0, 0.1) is 0 Å². The number of hydrogen-bond acceptors (Lipinski definition) is 2. The number of likely N-dealkylation sites (N-methyl/N-ethyl adjacent to an activating group) is 2. The molecule has 0 atom stereocenters. The predicted molar refractivity (Wildman–Crippen MR) is 30.1 cm³/mol. The SMILES string of the molecule is CN1CCN(C)C1. The molecule has 7 heavy (non-hydrogen) atoms. The minimum Gasteiger partial charge on any atom is -0.292 e. The Balaban J connectivity index is 2.26. The van der Waals surface area contributed by atoms with E-state index < -0.39 is 0 Å². The fourth-order valence-corrected chi connectivity index (χ4v) is 0.895. The third-order valence-electron chi connectivity index (χ3n) is 1.35. The van der Waals surface area contributed by atoms with Gasteiger partial charge in [0.1, 0.15) is 0 Å². The van der Waals surface area contributed by atoms with Gasteiger partial charge in [-0.25, -0.2) is 0 Å². The van der Waals surface area contributed by atoms with E-state index in [0.29, 0.717) is 0 Å². The fraction of sp³-hybridized carbons (Fsp3) is 1.00. The number of rotatable bonds is 0. The van der Waals surface area contributed by atoms with E-state index in [1.807, 2.05) is 0 Å². The normalized spacial score (nSPS) is 26.6. The van der Waals surface area contributed by atoms with Gasteiger partial charge >= 0.3 is 0 Å². The van der Waals surface area contributed by atoms with Gasteiger partial charge in [0.05, 0.1) is 6.67 Å². The third-order valence-corrected chi connectivity index (χ3v) is 1.35. The quantitative estimate of drug-likeness (QED) is 0.416. The maximum atomic E-state index is 2.31. The van der Waals surface area contributed by atoms with Gasteiger partial charge in [-0.05, 0) is 14.1 Å². The molecular formula is C5H12N2. The molecule has 42 valence electrons. The third kappa shape index (κ3) is 1.14. The highest BCUT2D eigenvalue weighted by molar-refractivity contribution is 4.62. The Morgan fingerprint density at radius 2 is 1.43 bits per heavy atom. The lowest BCUT2D eigenvalue weighted by Gasteiger charge is -2.06. The van der Waals surface area contributed by atoms with Crippen molar-refractivity contribution < 1.29 is 0 Å². The molecule has 2 nitrogen and oxygen atoms in total. The Morgan fingerprint density at radius 1 is 1.00 bits per heavy atom. The first kappa shape index (κ1) is 5.06. The highest BCUT2D eigenvalue weighted by atomic mass is 15.3. The van der Waals surface area contributed by atoms with E-state index >= 15 is 0 Å². The molecule has 1 aliphatic heterocycles. The van der Waals surface area contributed by atoms with Crippen LogP contribution in [0.3, 0.4) is 0 Å². The summed E-state index contributed by atoms with van der Waals surface area (Å²) in [5.41, 5.74) is 0. The molecular weight excluding hydrogens is 88.1 g/mol. The van der Waals surface area contributed by atoms with Gasteiger partial charge in [-0.2, -0.15) is 0 Å². The summed E-state index contributed by atoms with van der Waals surface area (Å²) in [6.45, 7) is 3.60. The molecule has 0 aliphatic carbocycles. The monoisotopic (exact) mass is 100 g/mol. The van der Waals surface area contributed by atoms with Gasteiger partial charge in [-0.1, -0.05) is 0 Å². The zero-order valence-corrected chi connectivity index (χ0v) is 5.02. The van der Waals surface area contributed by atoms with Crippen LogP contribution in [-0.2, 0) is 0 Å². The summed E-state index contributed by atoms with van der Waals surface area (Å²) >= 11 is 0. The summed E-state index contributed by atoms with van der Waals surface area (Å²) in [6.07, 6.45) is 0. The molecule has 0 amide bonds. The summed E-state index contributed by atoms with van der Waals surface area (Å²) in [7, 11) is 4.28. The van der Waals surface area contributed by atoms with Crippen molar-refractivity contribution in [1.82, 2.24) is 9.80 Å². The van der Waals surface area contributed by atoms with Gasteiger partial charge < -0.3 is 0 Å². The van der Waals surface area contributed by atoms with Crippen molar-refractivity contribution in [3.8, 4) is 0 Å². The van der Waals surface area contributed by atoms with Crippen LogP contribution in [0.1, 0.15) is 0 Å². The molecule has 0 spiro atoms. The molecule has 0 unspecified atom stereocenters. The van der Waals surface area contributed by atoms with E-state index in [4.69, 9.17) is 0 Å². The first-order valence-corrected chi connectivity index (χ1v) is 2.66. The fourth-order valence-electron chi connectivity index (χ4n) is 0.895. The van der Waals surface area contributed by atoms with Gasteiger partial charge in [0.2, 0.25) is 0 Å². The highest BCUT2D eigenvalue weighted by Crippen LogP contribution is 1.95. The zero-order chi connectivity index (χ0) is 5.28. The molecule has 1 saturated heterocycles. The Hall–Kier alpha value is -0.0800. The molecule has 1 rings (SSSR count). The molecule has 1 fully saturated rings. The van der Waals surface area contributed by atoms with Gasteiger partial charge in [-0.3, -0.25) is 9.80 Å². The Kier molecular flexibility index (Phi) is 1.30. The van der Waals surface area contributed by atoms with Crippen LogP contribution in [0.25, 0.3) is 0 Å². The van der Waals surface area contributed by atoms with Gasteiger partial charge in [0.15, 0.2) is 0 Å². The molecule has 1 aliphatic rings. The maximum absolute atomic E-state index is 2.31. The van der Waals surface area contributed by atoms with Gasteiger partial charge in [0.25, 0.3) is 0 Å². The van der Waals surface area contributed by atoms with Crippen LogP contribution < -0.4 is 0 Å². The van der Waals surface area contributed by atoms with Crippen molar-refractivity contribution in [3.05, 3.63) is 0 Å². The largest absolute Gasteiger partial charge is 0.292 e. The van der Waals surface area contributed by atoms with E-state index in [2.05, 4.69) is 23.9 Å². The molecule has 1 heterocycles. The first-order chi connectivity index (χ1) is 3.29. The maximum Gasteiger partial charge on any atom is 0.0501 e. The summed E-state index contributed by atoms with van der Waals surface area (Å²) in [5.74, 6) is 0. The van der Waals surface area contributed by atoms with Crippen molar-refractivity contribution >= 4 is 0 Å². The van der Waals surface area contributed by atoms with E-state index in [1.165, 1.54) is 13.1 Å². The van der Waals surface area contributed by atoms with Crippen molar-refractivity contribution in [1.29, 1.82) is 0 Å². The second-order valence-electron chi connectivity index (χ2n) is 2.30. The lowest BCUT2D eigenvalue weighted by molar-refractivity contribution is 0.318. The van der Waals surface area contributed by atoms with E-state index in [-0.39, 0.29) is 0 Å². The molecule has 0 aromatic heterocycles. The van der Waals surface area contributed by atoms with Crippen molar-refractivity contribution in [2.24, 2.45) is 0 Å². The Labute approximate surface area is 44.7 Å². The molecule has 0 aromatic carbocycles. The van der Waals surface area contributed by atoms with Gasteiger partial charge in [0, 0.05) is 13.1 Å². The lowest BCUT2D eigenvalue weighted by Crippen LogP contribution is -2.17. The van der Waals surface area contributed by atoms with Crippen molar-refractivity contribution in [3.63, 3.8) is 0 Å².